The Kier molecular flexibility index (Phi) is 3.70. The van der Waals surface area contributed by atoms with Crippen LogP contribution in [0.5, 0.6) is 0 Å². The van der Waals surface area contributed by atoms with E-state index in [1.807, 2.05) is 0 Å². The molecule has 0 aliphatic carbocycles. The standard InChI is InChI=1S/C5H9F3N2O/c1-9-4(10-2)11-3-5(6,7)8/h3H2,1-2H3,(H,9,10). The lowest BCUT2D eigenvalue weighted by Gasteiger charge is -2.09. The number of hydrogen-bond acceptors (Lipinski definition) is 2. The van der Waals surface area contributed by atoms with Crippen molar-refractivity contribution < 1.29 is 17.9 Å². The van der Waals surface area contributed by atoms with Crippen LogP contribution in [0.15, 0.2) is 4.99 Å². The van der Waals surface area contributed by atoms with Gasteiger partial charge in [-0.25, -0.2) is 4.99 Å². The molecule has 0 aromatic heterocycles. The van der Waals surface area contributed by atoms with Gasteiger partial charge in [0.15, 0.2) is 6.61 Å². The molecule has 0 heterocycles. The number of nitrogens with zero attached hydrogens (tertiary/aromatic N) is 1. The van der Waals surface area contributed by atoms with Crippen LogP contribution in [0.25, 0.3) is 0 Å². The van der Waals surface area contributed by atoms with Gasteiger partial charge in [-0.2, -0.15) is 13.2 Å². The lowest BCUT2D eigenvalue weighted by molar-refractivity contribution is -0.156. The van der Waals surface area contributed by atoms with E-state index in [0.29, 0.717) is 0 Å². The zero-order chi connectivity index (χ0) is 8.91. The van der Waals surface area contributed by atoms with Crippen LogP contribution in [0.4, 0.5) is 13.2 Å². The fourth-order valence-corrected chi connectivity index (χ4v) is 0.399. The molecular formula is C5H9F3N2O. The Morgan fingerprint density at radius 3 is 2.36 bits per heavy atom. The second-order valence-corrected chi connectivity index (χ2v) is 1.68. The molecule has 1 N–H and O–H groups in total. The molecule has 0 aromatic carbocycles. The number of ether oxygens (including phenoxy) is 1. The molecule has 0 aliphatic heterocycles. The van der Waals surface area contributed by atoms with E-state index in [4.69, 9.17) is 0 Å². The Morgan fingerprint density at radius 1 is 1.55 bits per heavy atom. The summed E-state index contributed by atoms with van der Waals surface area (Å²) in [5.74, 6) is 0. The molecule has 0 unspecified atom stereocenters. The Morgan fingerprint density at radius 2 is 2.09 bits per heavy atom. The molecule has 0 amide bonds. The minimum Gasteiger partial charge on any atom is -0.456 e. The minimum atomic E-state index is -4.31. The number of amidine groups is 1. The first-order chi connectivity index (χ1) is 4.99. The van der Waals surface area contributed by atoms with Gasteiger partial charge >= 0.3 is 6.18 Å². The normalized spacial score (nSPS) is 13.0. The van der Waals surface area contributed by atoms with Gasteiger partial charge in [-0.15, -0.1) is 0 Å². The summed E-state index contributed by atoms with van der Waals surface area (Å²) < 4.78 is 38.7. The third-order valence-corrected chi connectivity index (χ3v) is 0.790. The molecule has 3 nitrogen and oxygen atoms in total. The molecule has 0 fully saturated rings. The van der Waals surface area contributed by atoms with Gasteiger partial charge in [0, 0.05) is 14.1 Å². The van der Waals surface area contributed by atoms with Gasteiger partial charge in [-0.1, -0.05) is 0 Å². The molecule has 66 valence electrons. The summed E-state index contributed by atoms with van der Waals surface area (Å²) in [5.41, 5.74) is 0. The summed E-state index contributed by atoms with van der Waals surface area (Å²) in [7, 11) is 2.76. The zero-order valence-corrected chi connectivity index (χ0v) is 6.20. The maximum absolute atomic E-state index is 11.5. The van der Waals surface area contributed by atoms with E-state index in [2.05, 4.69) is 15.0 Å². The predicted octanol–water partition coefficient (Wildman–Crippen LogP) is 0.770. The van der Waals surface area contributed by atoms with Crippen LogP contribution in [0.2, 0.25) is 0 Å². The maximum atomic E-state index is 11.5. The van der Waals surface area contributed by atoms with Crippen LogP contribution in [-0.4, -0.2) is 32.9 Å². The van der Waals surface area contributed by atoms with Crippen LogP contribution >= 0.6 is 0 Å². The Balaban J connectivity index is 3.70. The SMILES string of the molecule is CN=C(NC)OCC(F)(F)F. The van der Waals surface area contributed by atoms with Gasteiger partial charge < -0.3 is 10.1 Å². The number of alkyl halides is 3. The molecule has 0 spiro atoms. The van der Waals surface area contributed by atoms with Crippen LogP contribution in [-0.2, 0) is 4.74 Å². The van der Waals surface area contributed by atoms with E-state index in [9.17, 15) is 13.2 Å². The highest BCUT2D eigenvalue weighted by atomic mass is 19.4. The van der Waals surface area contributed by atoms with Crippen molar-refractivity contribution in [1.82, 2.24) is 5.32 Å². The van der Waals surface area contributed by atoms with Crippen molar-refractivity contribution in [3.8, 4) is 0 Å². The lowest BCUT2D eigenvalue weighted by Crippen LogP contribution is -2.27. The Bertz CT molecular complexity index is 143. The molecule has 0 atom stereocenters. The van der Waals surface area contributed by atoms with Gasteiger partial charge in [-0.05, 0) is 0 Å². The van der Waals surface area contributed by atoms with Gasteiger partial charge in [0.1, 0.15) is 0 Å². The van der Waals surface area contributed by atoms with Gasteiger partial charge in [0.25, 0.3) is 6.02 Å². The van der Waals surface area contributed by atoms with Crippen LogP contribution in [0, 0.1) is 0 Å². The van der Waals surface area contributed by atoms with E-state index in [-0.39, 0.29) is 6.02 Å². The van der Waals surface area contributed by atoms with Crippen molar-refractivity contribution >= 4 is 6.02 Å². The number of hydrogen-bond donors (Lipinski definition) is 1. The van der Waals surface area contributed by atoms with Crippen molar-refractivity contribution in [3.05, 3.63) is 0 Å². The fraction of sp³-hybridized carbons (Fsp3) is 0.800. The van der Waals surface area contributed by atoms with Gasteiger partial charge in [0.2, 0.25) is 0 Å². The second kappa shape index (κ2) is 4.05. The van der Waals surface area contributed by atoms with Crippen molar-refractivity contribution in [2.45, 2.75) is 6.18 Å². The first kappa shape index (κ1) is 10.1. The summed E-state index contributed by atoms with van der Waals surface area (Å²) >= 11 is 0. The zero-order valence-electron chi connectivity index (χ0n) is 6.20. The molecule has 6 heteroatoms. The molecule has 0 rings (SSSR count). The summed E-state index contributed by atoms with van der Waals surface area (Å²) in [6, 6.07) is -0.123. The van der Waals surface area contributed by atoms with Crippen LogP contribution in [0.3, 0.4) is 0 Å². The van der Waals surface area contributed by atoms with Crippen LogP contribution < -0.4 is 5.32 Å². The van der Waals surface area contributed by atoms with E-state index in [1.54, 1.807) is 0 Å². The van der Waals surface area contributed by atoms with Crippen molar-refractivity contribution in [2.75, 3.05) is 20.7 Å². The first-order valence-corrected chi connectivity index (χ1v) is 2.83. The molecule has 0 bridgehead atoms. The molecule has 0 radical (unpaired) electrons. The van der Waals surface area contributed by atoms with E-state index in [0.717, 1.165) is 0 Å². The highest BCUT2D eigenvalue weighted by molar-refractivity contribution is 5.72. The number of nitrogens with one attached hydrogen (secondary N) is 1. The summed E-state index contributed by atoms with van der Waals surface area (Å²) in [6.07, 6.45) is -4.31. The topological polar surface area (TPSA) is 33.6 Å². The lowest BCUT2D eigenvalue weighted by atomic mass is 10.7. The quantitative estimate of drug-likeness (QED) is 0.465. The third-order valence-electron chi connectivity index (χ3n) is 0.790. The average molecular weight is 170 g/mol. The summed E-state index contributed by atoms with van der Waals surface area (Å²) in [5, 5.41) is 2.35. The smallest absolute Gasteiger partial charge is 0.422 e. The van der Waals surface area contributed by atoms with Crippen LogP contribution in [0.1, 0.15) is 0 Å². The second-order valence-electron chi connectivity index (χ2n) is 1.68. The van der Waals surface area contributed by atoms with Gasteiger partial charge in [0.05, 0.1) is 0 Å². The highest BCUT2D eigenvalue weighted by Crippen LogP contribution is 2.14. The largest absolute Gasteiger partial charge is 0.456 e. The number of rotatable bonds is 1. The molecular weight excluding hydrogens is 161 g/mol. The third kappa shape index (κ3) is 5.50. The highest BCUT2D eigenvalue weighted by Gasteiger charge is 2.28. The molecule has 0 aliphatic rings. The van der Waals surface area contributed by atoms with Crippen molar-refractivity contribution in [3.63, 3.8) is 0 Å². The molecule has 0 saturated carbocycles. The molecule has 11 heavy (non-hydrogen) atoms. The molecule has 0 aromatic rings. The fourth-order valence-electron chi connectivity index (χ4n) is 0.399. The Hall–Kier alpha value is -0.940. The predicted molar refractivity (Wildman–Crippen MR) is 34.4 cm³/mol. The number of halogens is 3. The Labute approximate surface area is 62.3 Å². The summed E-state index contributed by atoms with van der Waals surface area (Å²) in [4.78, 5) is 3.39. The van der Waals surface area contributed by atoms with Crippen molar-refractivity contribution in [1.29, 1.82) is 0 Å². The maximum Gasteiger partial charge on any atom is 0.422 e. The monoisotopic (exact) mass is 170 g/mol. The van der Waals surface area contributed by atoms with E-state index >= 15 is 0 Å². The summed E-state index contributed by atoms with van der Waals surface area (Å²) in [6.45, 7) is -1.32. The minimum absolute atomic E-state index is 0.123. The van der Waals surface area contributed by atoms with Gasteiger partial charge in [-0.3, -0.25) is 0 Å². The molecule has 0 saturated heterocycles. The van der Waals surface area contributed by atoms with Crippen molar-refractivity contribution in [2.24, 2.45) is 4.99 Å². The van der Waals surface area contributed by atoms with E-state index < -0.39 is 12.8 Å². The number of aliphatic imine (C=N–C) groups is 1. The average Bonchev–Trinajstić information content (AvgIpc) is 1.88. The van der Waals surface area contributed by atoms with E-state index in [1.165, 1.54) is 14.1 Å². The first-order valence-electron chi connectivity index (χ1n) is 2.83.